The average molecular weight is 1130 g/mol. The van der Waals surface area contributed by atoms with Crippen molar-refractivity contribution >= 4 is 64.1 Å². The standard InChI is InChI=1S/C14H11N5O3S.2C11H11N3O3S.C10H10N4O3S/c20-14-18(16-17-19(14)12-5-4-8-15-11-12)9-10-23(21,22)13-6-2-1-3-7-13;1-13-11(15)14(9-12-13)7-8-18(16,17)10-5-3-2-4-6-10;1-13-9-12-14(11(13)15)7-8-18(16,17)10-5-3-2-4-6-10;1-13-10(15)14(12-11-13)7-8-18(16,17)9-5-3-2-4-6-9/h1-11H;2*2-9H,1H3;2-8H,1H3/b10-9+;3*8-7+. The third kappa shape index (κ3) is 15.3. The molecule has 0 fully saturated rings. The fraction of sp³-hybridized carbons (Fsp3) is 0.0652. The summed E-state index contributed by atoms with van der Waals surface area (Å²) >= 11 is 0. The first-order valence-electron chi connectivity index (χ1n) is 21.7. The molecule has 0 saturated carbocycles. The van der Waals surface area contributed by atoms with E-state index >= 15 is 0 Å². The van der Waals surface area contributed by atoms with Crippen molar-refractivity contribution in [1.82, 2.24) is 73.3 Å². The molecule has 5 aromatic heterocycles. The number of benzene rings is 4. The van der Waals surface area contributed by atoms with Gasteiger partial charge in [0.2, 0.25) is 39.3 Å². The maximum Gasteiger partial charge on any atom is 0.372 e. The second kappa shape index (κ2) is 25.1. The van der Waals surface area contributed by atoms with Crippen LogP contribution in [-0.2, 0) is 60.5 Å². The summed E-state index contributed by atoms with van der Waals surface area (Å²) in [5.74, 6) is 0. The Morgan fingerprint density at radius 1 is 0.390 bits per heavy atom. The quantitative estimate of drug-likeness (QED) is 0.158. The third-order valence-corrected chi connectivity index (χ3v) is 15.4. The Labute approximate surface area is 437 Å². The first-order valence-corrected chi connectivity index (χ1v) is 27.9. The molecule has 4 aromatic carbocycles. The zero-order chi connectivity index (χ0) is 55.8. The number of tetrazole rings is 2. The van der Waals surface area contributed by atoms with Crippen molar-refractivity contribution in [1.29, 1.82) is 0 Å². The number of aromatic nitrogens is 15. The second-order valence-corrected chi connectivity index (χ2v) is 22.5. The van der Waals surface area contributed by atoms with Gasteiger partial charge in [0.05, 0.1) is 53.1 Å². The monoisotopic (exact) mass is 1130 g/mol. The Balaban J connectivity index is 0.000000167. The van der Waals surface area contributed by atoms with E-state index in [-0.39, 0.29) is 19.6 Å². The molecule has 0 bridgehead atoms. The summed E-state index contributed by atoms with van der Waals surface area (Å²) < 4.78 is 104. The molecule has 0 unspecified atom stereocenters. The van der Waals surface area contributed by atoms with Crippen LogP contribution in [0.5, 0.6) is 0 Å². The van der Waals surface area contributed by atoms with Gasteiger partial charge in [-0.2, -0.15) is 33.6 Å². The first-order chi connectivity index (χ1) is 36.6. The van der Waals surface area contributed by atoms with E-state index in [4.69, 9.17) is 0 Å². The Kier molecular flexibility index (Phi) is 18.5. The molecule has 5 heterocycles. The van der Waals surface area contributed by atoms with Gasteiger partial charge in [-0.3, -0.25) is 14.1 Å². The van der Waals surface area contributed by atoms with Gasteiger partial charge in [0.15, 0.2) is 0 Å². The van der Waals surface area contributed by atoms with E-state index in [0.717, 1.165) is 72.9 Å². The van der Waals surface area contributed by atoms with E-state index in [1.165, 1.54) is 99.3 Å². The first kappa shape index (κ1) is 56.7. The fourth-order valence-electron chi connectivity index (χ4n) is 5.72. The van der Waals surface area contributed by atoms with Crippen molar-refractivity contribution in [2.24, 2.45) is 21.1 Å². The molecule has 0 aliphatic heterocycles. The highest BCUT2D eigenvalue weighted by atomic mass is 32.2. The Bertz CT molecular complexity index is 3970. The van der Waals surface area contributed by atoms with Gasteiger partial charge in [0.25, 0.3) is 0 Å². The highest BCUT2D eigenvalue weighted by Gasteiger charge is 2.14. The number of pyridine rings is 1. The Morgan fingerprint density at radius 2 is 0.805 bits per heavy atom. The number of sulfone groups is 4. The molecular formula is C46H43N15O12S4. The average Bonchev–Trinajstić information content (AvgIpc) is 4.19. The third-order valence-electron chi connectivity index (χ3n) is 9.76. The van der Waals surface area contributed by atoms with Crippen LogP contribution < -0.4 is 22.8 Å². The van der Waals surface area contributed by atoms with Crippen LogP contribution in [0.4, 0.5) is 0 Å². The summed E-state index contributed by atoms with van der Waals surface area (Å²) in [6, 6.07) is 35.0. The molecular weight excluding hydrogens is 1080 g/mol. The molecule has 0 radical (unpaired) electrons. The number of nitrogens with zero attached hydrogens (tertiary/aromatic N) is 15. The molecule has 77 heavy (non-hydrogen) atoms. The molecule has 0 N–H and O–H groups in total. The Hall–Kier alpha value is -9.59. The second-order valence-electron chi connectivity index (χ2n) is 15.1. The minimum atomic E-state index is -3.66. The van der Waals surface area contributed by atoms with Gasteiger partial charge >= 0.3 is 22.8 Å². The normalized spacial score (nSPS) is 12.0. The number of hydrogen-bond acceptors (Lipinski definition) is 19. The smallest absolute Gasteiger partial charge is 0.284 e. The number of hydrogen-bond donors (Lipinski definition) is 0. The van der Waals surface area contributed by atoms with Crippen LogP contribution in [0.3, 0.4) is 0 Å². The van der Waals surface area contributed by atoms with Gasteiger partial charge in [0, 0.05) is 52.1 Å². The van der Waals surface area contributed by atoms with Crippen molar-refractivity contribution < 1.29 is 33.7 Å². The number of aryl methyl sites for hydroxylation is 3. The van der Waals surface area contributed by atoms with Crippen LogP contribution in [0.2, 0.25) is 0 Å². The van der Waals surface area contributed by atoms with Crippen molar-refractivity contribution in [3.05, 3.63) is 222 Å². The lowest BCUT2D eigenvalue weighted by Crippen LogP contribution is -2.21. The van der Waals surface area contributed by atoms with Crippen LogP contribution in [0, 0.1) is 0 Å². The molecule has 0 aliphatic carbocycles. The lowest BCUT2D eigenvalue weighted by Gasteiger charge is -1.97. The molecule has 27 nitrogen and oxygen atoms in total. The van der Waals surface area contributed by atoms with E-state index in [0.29, 0.717) is 5.69 Å². The highest BCUT2D eigenvalue weighted by molar-refractivity contribution is 7.95. The van der Waals surface area contributed by atoms with Crippen LogP contribution in [0.15, 0.2) is 219 Å². The van der Waals surface area contributed by atoms with Crippen LogP contribution in [0.25, 0.3) is 30.5 Å². The molecule has 0 saturated heterocycles. The zero-order valence-corrected chi connectivity index (χ0v) is 43.6. The van der Waals surface area contributed by atoms with Crippen LogP contribution in [0.1, 0.15) is 0 Å². The summed E-state index contributed by atoms with van der Waals surface area (Å²) in [5, 5.41) is 25.5. The topological polar surface area (TPSA) is 335 Å². The zero-order valence-electron chi connectivity index (χ0n) is 40.4. The number of rotatable bonds is 13. The van der Waals surface area contributed by atoms with Crippen LogP contribution >= 0.6 is 0 Å². The summed E-state index contributed by atoms with van der Waals surface area (Å²) in [7, 11) is -9.90. The molecule has 398 valence electrons. The maximum absolute atomic E-state index is 12.1. The van der Waals surface area contributed by atoms with Gasteiger partial charge in [-0.1, -0.05) is 72.8 Å². The van der Waals surface area contributed by atoms with Crippen molar-refractivity contribution in [3.63, 3.8) is 0 Å². The summed E-state index contributed by atoms with van der Waals surface area (Å²) in [4.78, 5) is 50.9. The highest BCUT2D eigenvalue weighted by Crippen LogP contribution is 2.14. The van der Waals surface area contributed by atoms with Gasteiger partial charge in [-0.05, 0) is 81.5 Å². The predicted molar refractivity (Wildman–Crippen MR) is 279 cm³/mol. The lowest BCUT2D eigenvalue weighted by atomic mass is 10.4. The molecule has 31 heteroatoms. The van der Waals surface area contributed by atoms with Gasteiger partial charge in [-0.25, -0.2) is 57.5 Å². The SMILES string of the molecule is Cn1cnn(/C=C/S(=O)(=O)c2ccccc2)c1=O.Cn1ncn(/C=C/S(=O)(=O)c2ccccc2)c1=O.Cn1nnn(/C=C/S(=O)(=O)c2ccccc2)c1=O.O=c1n(/C=C/S(=O)(=O)c2ccccc2)nnn1-c1cccnc1. The molecule has 0 spiro atoms. The van der Waals surface area contributed by atoms with E-state index in [2.05, 4.69) is 36.0 Å². The summed E-state index contributed by atoms with van der Waals surface area (Å²) in [6.07, 6.45) is 10.0. The maximum atomic E-state index is 12.1. The van der Waals surface area contributed by atoms with Gasteiger partial charge in [-0.15, -0.1) is 0 Å². The lowest BCUT2D eigenvalue weighted by molar-refractivity contribution is 0.603. The van der Waals surface area contributed by atoms with Gasteiger partial charge < -0.3 is 0 Å². The molecule has 0 amide bonds. The summed E-state index contributed by atoms with van der Waals surface area (Å²) in [5.41, 5.74) is -1.50. The van der Waals surface area contributed by atoms with Crippen LogP contribution in [-0.4, -0.2) is 107 Å². The van der Waals surface area contributed by atoms with Crippen molar-refractivity contribution in [2.45, 2.75) is 19.6 Å². The minimum absolute atomic E-state index is 0.129. The Morgan fingerprint density at radius 3 is 1.17 bits per heavy atom. The van der Waals surface area contributed by atoms with Gasteiger partial charge in [0.1, 0.15) is 12.7 Å². The van der Waals surface area contributed by atoms with E-state index in [1.807, 2.05) is 0 Å². The van der Waals surface area contributed by atoms with Crippen molar-refractivity contribution in [3.8, 4) is 5.69 Å². The van der Waals surface area contributed by atoms with E-state index < -0.39 is 62.1 Å². The predicted octanol–water partition coefficient (Wildman–Crippen LogP) is 1.57. The fourth-order valence-corrected chi connectivity index (χ4v) is 9.62. The summed E-state index contributed by atoms with van der Waals surface area (Å²) in [6.45, 7) is 0. The van der Waals surface area contributed by atoms with E-state index in [9.17, 15) is 52.8 Å². The molecule has 9 aromatic rings. The molecule has 9 rings (SSSR count). The van der Waals surface area contributed by atoms with Crippen molar-refractivity contribution in [2.75, 3.05) is 0 Å². The minimum Gasteiger partial charge on any atom is -0.284 e. The largest absolute Gasteiger partial charge is 0.372 e. The molecule has 0 aliphatic rings. The van der Waals surface area contributed by atoms with E-state index in [1.54, 1.807) is 91.1 Å². The molecule has 0 atom stereocenters.